The Balaban J connectivity index is 1.54. The number of nitrogens with zero attached hydrogens (tertiary/aromatic N) is 4. The Hall–Kier alpha value is -1.79. The van der Waals surface area contributed by atoms with Gasteiger partial charge in [0, 0.05) is 31.7 Å². The van der Waals surface area contributed by atoms with Crippen LogP contribution in [0.5, 0.6) is 0 Å². The number of carbonyl (C=O) groups excluding carboxylic acids is 1. The average molecular weight is 302 g/mol. The fourth-order valence-electron chi connectivity index (χ4n) is 2.47. The summed E-state index contributed by atoms with van der Waals surface area (Å²) in [4.78, 5) is 16.6. The minimum absolute atomic E-state index is 0.127. The van der Waals surface area contributed by atoms with Crippen LogP contribution in [0.2, 0.25) is 0 Å². The lowest BCUT2D eigenvalue weighted by Crippen LogP contribution is -2.48. The molecule has 0 N–H and O–H groups in total. The van der Waals surface area contributed by atoms with E-state index in [0.29, 0.717) is 0 Å². The van der Waals surface area contributed by atoms with E-state index in [1.165, 1.54) is 0 Å². The van der Waals surface area contributed by atoms with E-state index < -0.39 is 0 Å². The highest BCUT2D eigenvalue weighted by atomic mass is 32.1. The molecule has 0 unspecified atom stereocenters. The van der Waals surface area contributed by atoms with Crippen molar-refractivity contribution in [3.63, 3.8) is 0 Å². The van der Waals surface area contributed by atoms with Crippen LogP contribution in [0, 0.1) is 6.92 Å². The Morgan fingerprint density at radius 2 is 1.86 bits per heavy atom. The lowest BCUT2D eigenvalue weighted by Gasteiger charge is -2.34. The molecule has 5 nitrogen and oxygen atoms in total. The largest absolute Gasteiger partial charge is 0.336 e. The fourth-order valence-corrected chi connectivity index (χ4v) is 3.22. The molecule has 0 bridgehead atoms. The number of hydrogen-bond acceptors (Lipinski definition) is 5. The number of rotatable bonds is 3. The van der Waals surface area contributed by atoms with Crippen molar-refractivity contribution in [1.29, 1.82) is 0 Å². The second kappa shape index (κ2) is 6.32. The number of carbonyl (C=O) groups is 1. The highest BCUT2D eigenvalue weighted by Gasteiger charge is 2.22. The number of amides is 1. The maximum atomic E-state index is 12.4. The number of hydrogen-bond donors (Lipinski definition) is 0. The van der Waals surface area contributed by atoms with Crippen LogP contribution in [-0.2, 0) is 6.54 Å². The molecule has 3 rings (SSSR count). The zero-order valence-corrected chi connectivity index (χ0v) is 12.8. The van der Waals surface area contributed by atoms with Crippen LogP contribution in [0.1, 0.15) is 20.4 Å². The van der Waals surface area contributed by atoms with Crippen molar-refractivity contribution >= 4 is 17.2 Å². The average Bonchev–Trinajstić information content (AvgIpc) is 2.93. The molecular formula is C15H18N4OS. The molecule has 0 radical (unpaired) electrons. The van der Waals surface area contributed by atoms with E-state index in [1.54, 1.807) is 11.3 Å². The minimum atomic E-state index is 0.127. The maximum Gasteiger partial charge on any atom is 0.253 e. The van der Waals surface area contributed by atoms with Gasteiger partial charge in [-0.1, -0.05) is 18.2 Å². The minimum Gasteiger partial charge on any atom is -0.336 e. The van der Waals surface area contributed by atoms with Crippen LogP contribution in [0.25, 0.3) is 0 Å². The number of piperazine rings is 1. The second-order valence-electron chi connectivity index (χ2n) is 5.15. The normalized spacial score (nSPS) is 16.1. The summed E-state index contributed by atoms with van der Waals surface area (Å²) in [7, 11) is 0. The predicted molar refractivity (Wildman–Crippen MR) is 82.3 cm³/mol. The molecule has 2 heterocycles. The molecule has 0 spiro atoms. The second-order valence-corrected chi connectivity index (χ2v) is 6.42. The van der Waals surface area contributed by atoms with Gasteiger partial charge in [0.25, 0.3) is 5.91 Å². The van der Waals surface area contributed by atoms with Gasteiger partial charge in [-0.05, 0) is 19.1 Å². The number of aryl methyl sites for hydroxylation is 1. The quantitative estimate of drug-likeness (QED) is 0.867. The fraction of sp³-hybridized carbons (Fsp3) is 0.400. The first-order valence-electron chi connectivity index (χ1n) is 7.08. The lowest BCUT2D eigenvalue weighted by atomic mass is 10.2. The van der Waals surface area contributed by atoms with Crippen LogP contribution in [0.3, 0.4) is 0 Å². The van der Waals surface area contributed by atoms with E-state index in [1.807, 2.05) is 42.2 Å². The zero-order valence-electron chi connectivity index (χ0n) is 12.0. The number of aromatic nitrogens is 2. The highest BCUT2D eigenvalue weighted by Crippen LogP contribution is 2.14. The zero-order chi connectivity index (χ0) is 14.7. The first-order chi connectivity index (χ1) is 10.2. The van der Waals surface area contributed by atoms with E-state index in [-0.39, 0.29) is 5.91 Å². The first kappa shape index (κ1) is 14.2. The lowest BCUT2D eigenvalue weighted by molar-refractivity contribution is 0.0628. The van der Waals surface area contributed by atoms with Crippen LogP contribution in [-0.4, -0.2) is 52.1 Å². The molecule has 1 aromatic carbocycles. The molecule has 0 atom stereocenters. The smallest absolute Gasteiger partial charge is 0.253 e. The van der Waals surface area contributed by atoms with E-state index in [2.05, 4.69) is 15.1 Å². The molecule has 0 saturated carbocycles. The van der Waals surface area contributed by atoms with Gasteiger partial charge in [-0.25, -0.2) is 0 Å². The Morgan fingerprint density at radius 3 is 2.48 bits per heavy atom. The van der Waals surface area contributed by atoms with Gasteiger partial charge < -0.3 is 4.90 Å². The van der Waals surface area contributed by atoms with Gasteiger partial charge in [-0.3, -0.25) is 9.69 Å². The van der Waals surface area contributed by atoms with Crippen molar-refractivity contribution in [2.45, 2.75) is 13.5 Å². The standard InChI is InChI=1S/C15H18N4OS/c1-12-16-17-14(21-12)11-18-7-9-19(10-8-18)15(20)13-5-3-2-4-6-13/h2-6H,7-11H2,1H3. The molecule has 1 amide bonds. The highest BCUT2D eigenvalue weighted by molar-refractivity contribution is 7.11. The summed E-state index contributed by atoms with van der Waals surface area (Å²) in [5.74, 6) is 0.127. The van der Waals surface area contributed by atoms with Crippen LogP contribution in [0.15, 0.2) is 30.3 Å². The van der Waals surface area contributed by atoms with Crippen LogP contribution in [0.4, 0.5) is 0 Å². The van der Waals surface area contributed by atoms with Crippen LogP contribution >= 0.6 is 11.3 Å². The molecule has 1 aliphatic heterocycles. The molecule has 6 heteroatoms. The van der Waals surface area contributed by atoms with Crippen molar-refractivity contribution in [2.24, 2.45) is 0 Å². The monoisotopic (exact) mass is 302 g/mol. The SMILES string of the molecule is Cc1nnc(CN2CCN(C(=O)c3ccccc3)CC2)s1. The maximum absolute atomic E-state index is 12.4. The van der Waals surface area contributed by atoms with Gasteiger partial charge >= 0.3 is 0 Å². The summed E-state index contributed by atoms with van der Waals surface area (Å²) in [5.41, 5.74) is 0.769. The van der Waals surface area contributed by atoms with Crippen molar-refractivity contribution < 1.29 is 4.79 Å². The van der Waals surface area contributed by atoms with E-state index in [4.69, 9.17) is 0 Å². The summed E-state index contributed by atoms with van der Waals surface area (Å²) >= 11 is 1.64. The molecule has 0 aliphatic carbocycles. The van der Waals surface area contributed by atoms with Gasteiger partial charge in [-0.15, -0.1) is 21.5 Å². The molecule has 1 saturated heterocycles. The third-order valence-electron chi connectivity index (χ3n) is 3.61. The molecule has 21 heavy (non-hydrogen) atoms. The van der Waals surface area contributed by atoms with E-state index in [9.17, 15) is 4.79 Å². The Bertz CT molecular complexity index is 605. The number of benzene rings is 1. The summed E-state index contributed by atoms with van der Waals surface area (Å²) in [6.07, 6.45) is 0. The summed E-state index contributed by atoms with van der Waals surface area (Å²) < 4.78 is 0. The van der Waals surface area contributed by atoms with Crippen molar-refractivity contribution in [1.82, 2.24) is 20.0 Å². The van der Waals surface area contributed by atoms with Crippen LogP contribution < -0.4 is 0 Å². The summed E-state index contributed by atoms with van der Waals surface area (Å²) in [5, 5.41) is 10.3. The van der Waals surface area contributed by atoms with Crippen molar-refractivity contribution in [2.75, 3.05) is 26.2 Å². The molecule has 2 aromatic rings. The molecule has 1 fully saturated rings. The summed E-state index contributed by atoms with van der Waals surface area (Å²) in [6, 6.07) is 9.48. The van der Waals surface area contributed by atoms with Gasteiger partial charge in [-0.2, -0.15) is 0 Å². The van der Waals surface area contributed by atoms with Gasteiger partial charge in [0.15, 0.2) is 0 Å². The Kier molecular flexibility index (Phi) is 4.26. The van der Waals surface area contributed by atoms with Crippen molar-refractivity contribution in [3.05, 3.63) is 45.9 Å². The predicted octanol–water partition coefficient (Wildman–Crippen LogP) is 1.80. The summed E-state index contributed by atoms with van der Waals surface area (Å²) in [6.45, 7) is 6.11. The third-order valence-corrected chi connectivity index (χ3v) is 4.43. The van der Waals surface area contributed by atoms with Gasteiger partial charge in [0.2, 0.25) is 0 Å². The van der Waals surface area contributed by atoms with Gasteiger partial charge in [0.05, 0.1) is 6.54 Å². The third kappa shape index (κ3) is 3.46. The van der Waals surface area contributed by atoms with E-state index >= 15 is 0 Å². The molecular weight excluding hydrogens is 284 g/mol. The first-order valence-corrected chi connectivity index (χ1v) is 7.90. The Morgan fingerprint density at radius 1 is 1.14 bits per heavy atom. The van der Waals surface area contributed by atoms with E-state index in [0.717, 1.165) is 48.3 Å². The topological polar surface area (TPSA) is 49.3 Å². The molecule has 1 aliphatic rings. The molecule has 1 aromatic heterocycles. The van der Waals surface area contributed by atoms with Crippen molar-refractivity contribution in [3.8, 4) is 0 Å². The Labute approximate surface area is 128 Å². The molecule has 110 valence electrons. The van der Waals surface area contributed by atoms with Gasteiger partial charge in [0.1, 0.15) is 10.0 Å².